The van der Waals surface area contributed by atoms with Gasteiger partial charge in [0.05, 0.1) is 7.11 Å². The van der Waals surface area contributed by atoms with Crippen molar-refractivity contribution in [1.82, 2.24) is 4.90 Å². The minimum Gasteiger partial charge on any atom is -0.468 e. The lowest BCUT2D eigenvalue weighted by molar-refractivity contribution is -0.147. The number of halogens is 1. The van der Waals surface area contributed by atoms with E-state index in [1.54, 1.807) is 31.1 Å². The Morgan fingerprint density at radius 3 is 2.48 bits per heavy atom. The van der Waals surface area contributed by atoms with E-state index in [1.165, 1.54) is 7.11 Å². The van der Waals surface area contributed by atoms with E-state index < -0.39 is 11.6 Å². The number of hydrogen-bond acceptors (Lipinski definition) is 4. The molecule has 0 amide bonds. The third-order valence-corrected chi connectivity index (χ3v) is 4.07. The van der Waals surface area contributed by atoms with Crippen LogP contribution in [0.4, 0.5) is 0 Å². The molecule has 2 atom stereocenters. The van der Waals surface area contributed by atoms with Crippen molar-refractivity contribution in [2.24, 2.45) is 11.7 Å². The standard InChI is InChI=1S/C16H19ClN2O2/c1-19(2)16(18)10-14(17)12(9-13(16)15(20)21-3)11-7-5-4-6-8-11/h4-10,13H,18H2,1-3H3. The van der Waals surface area contributed by atoms with Gasteiger partial charge in [-0.2, -0.15) is 0 Å². The van der Waals surface area contributed by atoms with Crippen molar-refractivity contribution in [3.8, 4) is 0 Å². The van der Waals surface area contributed by atoms with Gasteiger partial charge in [-0.05, 0) is 31.3 Å². The van der Waals surface area contributed by atoms with Crippen molar-refractivity contribution in [2.75, 3.05) is 21.2 Å². The van der Waals surface area contributed by atoms with Gasteiger partial charge in [0.2, 0.25) is 0 Å². The molecule has 0 aromatic heterocycles. The summed E-state index contributed by atoms with van der Waals surface area (Å²) in [5.41, 5.74) is 7.09. The SMILES string of the molecule is COC(=O)C1C=C(c2ccccc2)C(Cl)=CC1(N)N(C)C. The van der Waals surface area contributed by atoms with Crippen LogP contribution in [0.15, 0.2) is 47.5 Å². The molecule has 0 bridgehead atoms. The highest BCUT2D eigenvalue weighted by molar-refractivity contribution is 6.37. The lowest BCUT2D eigenvalue weighted by Gasteiger charge is -2.40. The summed E-state index contributed by atoms with van der Waals surface area (Å²) in [5.74, 6) is -1.02. The first-order valence-electron chi connectivity index (χ1n) is 6.60. The predicted octanol–water partition coefficient (Wildman–Crippen LogP) is 2.21. The molecule has 0 aliphatic heterocycles. The fourth-order valence-corrected chi connectivity index (χ4v) is 2.74. The third-order valence-electron chi connectivity index (χ3n) is 3.76. The average Bonchev–Trinajstić information content (AvgIpc) is 2.47. The van der Waals surface area contributed by atoms with E-state index in [4.69, 9.17) is 22.1 Å². The van der Waals surface area contributed by atoms with Crippen LogP contribution in [0.2, 0.25) is 0 Å². The Kier molecular flexibility index (Phi) is 4.52. The highest BCUT2D eigenvalue weighted by Gasteiger charge is 2.43. The number of nitrogens with two attached hydrogens (primary N) is 1. The zero-order valence-electron chi connectivity index (χ0n) is 12.3. The Morgan fingerprint density at radius 1 is 1.33 bits per heavy atom. The van der Waals surface area contributed by atoms with Crippen molar-refractivity contribution in [1.29, 1.82) is 0 Å². The molecule has 0 radical (unpaired) electrons. The Labute approximate surface area is 129 Å². The molecule has 5 heteroatoms. The average molecular weight is 307 g/mol. The zero-order chi connectivity index (χ0) is 15.6. The molecule has 1 aromatic rings. The van der Waals surface area contributed by atoms with Gasteiger partial charge in [0, 0.05) is 5.03 Å². The molecule has 112 valence electrons. The monoisotopic (exact) mass is 306 g/mol. The van der Waals surface area contributed by atoms with Crippen molar-refractivity contribution in [3.63, 3.8) is 0 Å². The Morgan fingerprint density at radius 2 is 1.95 bits per heavy atom. The maximum absolute atomic E-state index is 12.1. The summed E-state index contributed by atoms with van der Waals surface area (Å²) >= 11 is 6.39. The number of hydrogen-bond donors (Lipinski definition) is 1. The van der Waals surface area contributed by atoms with Gasteiger partial charge in [-0.3, -0.25) is 9.69 Å². The van der Waals surface area contributed by atoms with Crippen LogP contribution in [0.5, 0.6) is 0 Å². The van der Waals surface area contributed by atoms with Gasteiger partial charge < -0.3 is 10.5 Å². The van der Waals surface area contributed by atoms with Crippen LogP contribution in [-0.2, 0) is 9.53 Å². The van der Waals surface area contributed by atoms with Crippen LogP contribution in [-0.4, -0.2) is 37.7 Å². The predicted molar refractivity (Wildman–Crippen MR) is 84.5 cm³/mol. The lowest BCUT2D eigenvalue weighted by Crippen LogP contribution is -2.59. The second-order valence-electron chi connectivity index (χ2n) is 5.22. The summed E-state index contributed by atoms with van der Waals surface area (Å²) < 4.78 is 4.89. The second kappa shape index (κ2) is 6.02. The molecule has 2 unspecified atom stereocenters. The van der Waals surface area contributed by atoms with Gasteiger partial charge >= 0.3 is 5.97 Å². The molecule has 0 heterocycles. The molecular formula is C16H19ClN2O2. The third kappa shape index (κ3) is 2.88. The normalized spacial score (nSPS) is 25.3. The fraction of sp³-hybridized carbons (Fsp3) is 0.312. The number of allylic oxidation sites excluding steroid dienone is 2. The molecule has 1 aliphatic rings. The van der Waals surface area contributed by atoms with E-state index in [2.05, 4.69) is 0 Å². The Hall–Kier alpha value is -1.62. The molecule has 2 N–H and O–H groups in total. The number of methoxy groups -OCH3 is 1. The maximum atomic E-state index is 12.1. The molecule has 0 saturated carbocycles. The second-order valence-corrected chi connectivity index (χ2v) is 5.63. The summed E-state index contributed by atoms with van der Waals surface area (Å²) in [4.78, 5) is 13.9. The Bertz CT molecular complexity index is 596. The number of likely N-dealkylation sites (N-methyl/N-ethyl adjacent to an activating group) is 1. The summed E-state index contributed by atoms with van der Waals surface area (Å²) in [6.45, 7) is 0. The molecule has 0 fully saturated rings. The first-order valence-corrected chi connectivity index (χ1v) is 6.98. The zero-order valence-corrected chi connectivity index (χ0v) is 13.1. The van der Waals surface area contributed by atoms with Crippen LogP contribution in [0.1, 0.15) is 5.56 Å². The minimum atomic E-state index is -1.01. The number of carbonyl (C=O) groups excluding carboxylic acids is 1. The van der Waals surface area contributed by atoms with Gasteiger partial charge in [-0.1, -0.05) is 48.0 Å². The van der Waals surface area contributed by atoms with E-state index in [1.807, 2.05) is 30.3 Å². The highest BCUT2D eigenvalue weighted by Crippen LogP contribution is 2.38. The van der Waals surface area contributed by atoms with E-state index in [9.17, 15) is 4.79 Å². The molecule has 1 aromatic carbocycles. The molecule has 0 spiro atoms. The van der Waals surface area contributed by atoms with Crippen LogP contribution < -0.4 is 5.73 Å². The number of rotatable bonds is 3. The van der Waals surface area contributed by atoms with Gasteiger partial charge in [-0.25, -0.2) is 0 Å². The van der Waals surface area contributed by atoms with Gasteiger partial charge in [0.15, 0.2) is 0 Å². The smallest absolute Gasteiger partial charge is 0.316 e. The fourth-order valence-electron chi connectivity index (χ4n) is 2.39. The van der Waals surface area contributed by atoms with E-state index >= 15 is 0 Å². The number of carbonyl (C=O) groups is 1. The quantitative estimate of drug-likeness (QED) is 0.687. The number of nitrogens with zero attached hydrogens (tertiary/aromatic N) is 1. The van der Waals surface area contributed by atoms with Crippen LogP contribution in [0.3, 0.4) is 0 Å². The molecular weight excluding hydrogens is 288 g/mol. The number of ether oxygens (including phenoxy) is 1. The summed E-state index contributed by atoms with van der Waals surface area (Å²) in [5, 5.41) is 0.526. The Balaban J connectivity index is 2.53. The maximum Gasteiger partial charge on any atom is 0.316 e. The van der Waals surface area contributed by atoms with Gasteiger partial charge in [0.1, 0.15) is 11.6 Å². The molecule has 0 saturated heterocycles. The van der Waals surface area contributed by atoms with Crippen molar-refractivity contribution >= 4 is 23.1 Å². The molecule has 1 aliphatic carbocycles. The molecule has 4 nitrogen and oxygen atoms in total. The van der Waals surface area contributed by atoms with Gasteiger partial charge in [0.25, 0.3) is 0 Å². The van der Waals surface area contributed by atoms with Crippen molar-refractivity contribution < 1.29 is 9.53 Å². The summed E-state index contributed by atoms with van der Waals surface area (Å²) in [6, 6.07) is 9.65. The topological polar surface area (TPSA) is 55.6 Å². The summed E-state index contributed by atoms with van der Waals surface area (Å²) in [6.07, 6.45) is 3.49. The first kappa shape index (κ1) is 15.8. The van der Waals surface area contributed by atoms with Crippen molar-refractivity contribution in [3.05, 3.63) is 53.1 Å². The number of benzene rings is 1. The van der Waals surface area contributed by atoms with Crippen LogP contribution >= 0.6 is 11.6 Å². The van der Waals surface area contributed by atoms with Crippen LogP contribution in [0, 0.1) is 5.92 Å². The lowest BCUT2D eigenvalue weighted by atomic mass is 9.83. The molecule has 21 heavy (non-hydrogen) atoms. The largest absolute Gasteiger partial charge is 0.468 e. The first-order chi connectivity index (χ1) is 9.90. The number of esters is 1. The van der Waals surface area contributed by atoms with Crippen molar-refractivity contribution in [2.45, 2.75) is 5.66 Å². The molecule has 2 rings (SSSR count). The van der Waals surface area contributed by atoms with Gasteiger partial charge in [-0.15, -0.1) is 0 Å². The minimum absolute atomic E-state index is 0.389. The van der Waals surface area contributed by atoms with E-state index in [0.717, 1.165) is 11.1 Å². The highest BCUT2D eigenvalue weighted by atomic mass is 35.5. The van der Waals surface area contributed by atoms with E-state index in [0.29, 0.717) is 5.03 Å². The van der Waals surface area contributed by atoms with E-state index in [-0.39, 0.29) is 5.97 Å². The van der Waals surface area contributed by atoms with Crippen LogP contribution in [0.25, 0.3) is 5.57 Å². The summed E-state index contributed by atoms with van der Waals surface area (Å²) in [7, 11) is 4.96.